The highest BCUT2D eigenvalue weighted by molar-refractivity contribution is 5.99. The number of rotatable bonds is 5. The van der Waals surface area contributed by atoms with E-state index in [2.05, 4.69) is 20.7 Å². The van der Waals surface area contributed by atoms with E-state index in [9.17, 15) is 14.4 Å². The number of methoxy groups -OCH3 is 1. The summed E-state index contributed by atoms with van der Waals surface area (Å²) in [6.07, 6.45) is -0.585. The van der Waals surface area contributed by atoms with Crippen LogP contribution in [0.3, 0.4) is 0 Å². The zero-order valence-corrected chi connectivity index (χ0v) is 14.4. The largest absolute Gasteiger partial charge is 0.454 e. The maximum Gasteiger partial charge on any atom is 0.411 e. The molecule has 1 heterocycles. The summed E-state index contributed by atoms with van der Waals surface area (Å²) >= 11 is 0. The summed E-state index contributed by atoms with van der Waals surface area (Å²) in [6, 6.07) is 11.2. The van der Waals surface area contributed by atoms with Crippen molar-refractivity contribution in [2.24, 2.45) is 0 Å². The first-order chi connectivity index (χ1) is 13.0. The molecule has 0 aliphatic carbocycles. The average Bonchev–Trinajstić information content (AvgIpc) is 3.15. The third-order valence-electron chi connectivity index (χ3n) is 3.64. The first-order valence-electron chi connectivity index (χ1n) is 7.98. The van der Waals surface area contributed by atoms with E-state index in [0.717, 1.165) is 0 Å². The van der Waals surface area contributed by atoms with Gasteiger partial charge in [0.05, 0.1) is 13.7 Å². The molecule has 0 spiro atoms. The van der Waals surface area contributed by atoms with E-state index in [-0.39, 0.29) is 13.3 Å². The van der Waals surface area contributed by atoms with E-state index in [0.29, 0.717) is 28.4 Å². The maximum absolute atomic E-state index is 12.1. The van der Waals surface area contributed by atoms with Gasteiger partial charge in [0.25, 0.3) is 5.91 Å². The second-order valence-corrected chi connectivity index (χ2v) is 5.49. The van der Waals surface area contributed by atoms with Gasteiger partial charge >= 0.3 is 6.09 Å². The predicted octanol–water partition coefficient (Wildman–Crippen LogP) is 1.96. The Morgan fingerprint density at radius 1 is 0.963 bits per heavy atom. The summed E-state index contributed by atoms with van der Waals surface area (Å²) in [5.74, 6) is 0.279. The van der Waals surface area contributed by atoms with Crippen molar-refractivity contribution in [1.29, 1.82) is 0 Å². The van der Waals surface area contributed by atoms with E-state index in [1.807, 2.05) is 0 Å². The highest BCUT2D eigenvalue weighted by Gasteiger charge is 2.16. The monoisotopic (exact) mass is 371 g/mol. The van der Waals surface area contributed by atoms with Crippen LogP contribution in [-0.2, 0) is 9.53 Å². The SMILES string of the molecule is COC(=O)Nc1ccc(NC(=O)CNC(=O)c2ccc3c(c2)OCO3)cc1. The first-order valence-corrected chi connectivity index (χ1v) is 7.98. The fourth-order valence-corrected chi connectivity index (χ4v) is 2.31. The molecule has 0 radical (unpaired) electrons. The van der Waals surface area contributed by atoms with Gasteiger partial charge < -0.3 is 24.8 Å². The molecule has 2 aromatic carbocycles. The lowest BCUT2D eigenvalue weighted by Crippen LogP contribution is -2.32. The summed E-state index contributed by atoms with van der Waals surface area (Å²) in [6.45, 7) is -0.0772. The topological polar surface area (TPSA) is 115 Å². The molecule has 27 heavy (non-hydrogen) atoms. The van der Waals surface area contributed by atoms with Crippen molar-refractivity contribution >= 4 is 29.3 Å². The molecule has 0 saturated carbocycles. The third kappa shape index (κ3) is 4.66. The summed E-state index contributed by atoms with van der Waals surface area (Å²) in [5.41, 5.74) is 1.41. The molecule has 0 fully saturated rings. The number of hydrogen-bond acceptors (Lipinski definition) is 6. The second-order valence-electron chi connectivity index (χ2n) is 5.49. The molecule has 0 saturated heterocycles. The van der Waals surface area contributed by atoms with Crippen molar-refractivity contribution in [3.05, 3.63) is 48.0 Å². The van der Waals surface area contributed by atoms with Crippen molar-refractivity contribution in [1.82, 2.24) is 5.32 Å². The van der Waals surface area contributed by atoms with Crippen LogP contribution in [0.15, 0.2) is 42.5 Å². The molecule has 1 aliphatic rings. The Labute approximate surface area is 154 Å². The number of amides is 3. The van der Waals surface area contributed by atoms with Gasteiger partial charge in [-0.05, 0) is 42.5 Å². The molecule has 0 bridgehead atoms. The highest BCUT2D eigenvalue weighted by Crippen LogP contribution is 2.32. The minimum atomic E-state index is -0.585. The van der Waals surface area contributed by atoms with E-state index >= 15 is 0 Å². The molecule has 1 aliphatic heterocycles. The van der Waals surface area contributed by atoms with Crippen molar-refractivity contribution in [2.45, 2.75) is 0 Å². The molecule has 0 aromatic heterocycles. The number of ether oxygens (including phenoxy) is 3. The number of hydrogen-bond donors (Lipinski definition) is 3. The summed E-state index contributed by atoms with van der Waals surface area (Å²) in [7, 11) is 1.27. The van der Waals surface area contributed by atoms with Gasteiger partial charge in [-0.15, -0.1) is 0 Å². The number of carbonyl (C=O) groups excluding carboxylic acids is 3. The third-order valence-corrected chi connectivity index (χ3v) is 3.64. The van der Waals surface area contributed by atoms with Gasteiger partial charge in [-0.3, -0.25) is 14.9 Å². The first kappa shape index (κ1) is 18.1. The molecular formula is C18H17N3O6. The maximum atomic E-state index is 12.1. The van der Waals surface area contributed by atoms with Crippen LogP contribution in [0.1, 0.15) is 10.4 Å². The molecular weight excluding hydrogens is 354 g/mol. The summed E-state index contributed by atoms with van der Waals surface area (Å²) in [4.78, 5) is 35.2. The lowest BCUT2D eigenvalue weighted by molar-refractivity contribution is -0.115. The van der Waals surface area contributed by atoms with Crippen molar-refractivity contribution in [3.8, 4) is 11.5 Å². The molecule has 3 rings (SSSR count). The van der Waals surface area contributed by atoms with Crippen molar-refractivity contribution in [3.63, 3.8) is 0 Å². The highest BCUT2D eigenvalue weighted by atomic mass is 16.7. The fraction of sp³-hybridized carbons (Fsp3) is 0.167. The molecule has 140 valence electrons. The molecule has 0 atom stereocenters. The van der Waals surface area contributed by atoms with Gasteiger partial charge in [-0.1, -0.05) is 0 Å². The lowest BCUT2D eigenvalue weighted by Gasteiger charge is -2.09. The van der Waals surface area contributed by atoms with Crippen LogP contribution < -0.4 is 25.4 Å². The van der Waals surface area contributed by atoms with E-state index in [1.165, 1.54) is 7.11 Å². The van der Waals surface area contributed by atoms with Gasteiger partial charge in [-0.2, -0.15) is 0 Å². The van der Waals surface area contributed by atoms with E-state index in [1.54, 1.807) is 42.5 Å². The summed E-state index contributed by atoms with van der Waals surface area (Å²) in [5, 5.41) is 7.68. The van der Waals surface area contributed by atoms with Crippen LogP contribution in [0.25, 0.3) is 0 Å². The van der Waals surface area contributed by atoms with Crippen LogP contribution in [-0.4, -0.2) is 38.4 Å². The molecule has 3 N–H and O–H groups in total. The average molecular weight is 371 g/mol. The minimum absolute atomic E-state index is 0.122. The van der Waals surface area contributed by atoms with Crippen molar-refractivity contribution in [2.75, 3.05) is 31.1 Å². The quantitative estimate of drug-likeness (QED) is 0.740. The van der Waals surface area contributed by atoms with Gasteiger partial charge in [0.15, 0.2) is 11.5 Å². The molecule has 9 nitrogen and oxygen atoms in total. The van der Waals surface area contributed by atoms with Crippen molar-refractivity contribution < 1.29 is 28.6 Å². The summed E-state index contributed by atoms with van der Waals surface area (Å²) < 4.78 is 14.9. The zero-order valence-electron chi connectivity index (χ0n) is 14.4. The Bertz CT molecular complexity index is 866. The normalized spacial score (nSPS) is 11.4. The Kier molecular flexibility index (Phi) is 5.41. The number of anilines is 2. The Hall–Kier alpha value is -3.75. The van der Waals surface area contributed by atoms with Gasteiger partial charge in [0.1, 0.15) is 0 Å². The molecule has 2 aromatic rings. The second kappa shape index (κ2) is 8.09. The van der Waals surface area contributed by atoms with Gasteiger partial charge in [0, 0.05) is 16.9 Å². The van der Waals surface area contributed by atoms with E-state index in [4.69, 9.17) is 9.47 Å². The van der Waals surface area contributed by atoms with Crippen LogP contribution in [0.5, 0.6) is 11.5 Å². The van der Waals surface area contributed by atoms with Crippen LogP contribution in [0.2, 0.25) is 0 Å². The lowest BCUT2D eigenvalue weighted by atomic mass is 10.2. The molecule has 9 heteroatoms. The Morgan fingerprint density at radius 2 is 1.63 bits per heavy atom. The van der Waals surface area contributed by atoms with E-state index < -0.39 is 17.9 Å². The van der Waals surface area contributed by atoms with Gasteiger partial charge in [0.2, 0.25) is 12.7 Å². The molecule has 0 unspecified atom stereocenters. The fourth-order valence-electron chi connectivity index (χ4n) is 2.31. The Morgan fingerprint density at radius 3 is 2.33 bits per heavy atom. The number of carbonyl (C=O) groups is 3. The zero-order chi connectivity index (χ0) is 19.2. The minimum Gasteiger partial charge on any atom is -0.454 e. The standard InChI is InChI=1S/C18H17N3O6/c1-25-18(24)21-13-5-3-12(4-6-13)20-16(22)9-19-17(23)11-2-7-14-15(8-11)27-10-26-14/h2-8H,9-10H2,1H3,(H,19,23)(H,20,22)(H,21,24). The van der Waals surface area contributed by atoms with Crippen LogP contribution >= 0.6 is 0 Å². The smallest absolute Gasteiger partial charge is 0.411 e. The number of benzene rings is 2. The predicted molar refractivity (Wildman–Crippen MR) is 96.0 cm³/mol. The Balaban J connectivity index is 1.49. The van der Waals surface area contributed by atoms with Crippen LogP contribution in [0, 0.1) is 0 Å². The number of fused-ring (bicyclic) bond motifs is 1. The van der Waals surface area contributed by atoms with Crippen LogP contribution in [0.4, 0.5) is 16.2 Å². The van der Waals surface area contributed by atoms with Gasteiger partial charge in [-0.25, -0.2) is 4.79 Å². The molecule has 3 amide bonds. The number of nitrogens with one attached hydrogen (secondary N) is 3.